The molecule has 3 rings (SSSR count). The lowest BCUT2D eigenvalue weighted by atomic mass is 10.3. The average Bonchev–Trinajstić information content (AvgIpc) is 2.59. The van der Waals surface area contributed by atoms with Crippen LogP contribution in [0.3, 0.4) is 0 Å². The molecule has 0 saturated carbocycles. The van der Waals surface area contributed by atoms with E-state index >= 15 is 0 Å². The highest BCUT2D eigenvalue weighted by atomic mass is 16.1. The molecular weight excluding hydrogens is 192 g/mol. The Morgan fingerprint density at radius 3 is 3.20 bits per heavy atom. The zero-order valence-corrected chi connectivity index (χ0v) is 8.06. The maximum Gasteiger partial charge on any atom is 0.282 e. The average molecular weight is 200 g/mol. The van der Waals surface area contributed by atoms with E-state index in [0.717, 1.165) is 5.69 Å². The van der Waals surface area contributed by atoms with Gasteiger partial charge in [0, 0.05) is 18.0 Å². The van der Waals surface area contributed by atoms with Crippen molar-refractivity contribution in [3.63, 3.8) is 0 Å². The van der Waals surface area contributed by atoms with Crippen LogP contribution in [0.4, 0.5) is 0 Å². The molecule has 0 bridgehead atoms. The first-order valence-electron chi connectivity index (χ1n) is 4.59. The van der Waals surface area contributed by atoms with Crippen LogP contribution in [-0.4, -0.2) is 19.6 Å². The lowest BCUT2D eigenvalue weighted by Gasteiger charge is -1.96. The number of hydrogen-bond acceptors (Lipinski definition) is 3. The first-order valence-corrected chi connectivity index (χ1v) is 4.59. The van der Waals surface area contributed by atoms with Gasteiger partial charge in [0.2, 0.25) is 0 Å². The Morgan fingerprint density at radius 2 is 2.33 bits per heavy atom. The Balaban J connectivity index is 2.65. The number of nitrogens with zero attached hydrogens (tertiary/aromatic N) is 3. The van der Waals surface area contributed by atoms with Gasteiger partial charge in [0.15, 0.2) is 11.3 Å². The Hall–Kier alpha value is -2.17. The van der Waals surface area contributed by atoms with Crippen molar-refractivity contribution in [2.75, 3.05) is 0 Å². The van der Waals surface area contributed by atoms with Crippen LogP contribution in [0, 0.1) is 6.92 Å². The summed E-state index contributed by atoms with van der Waals surface area (Å²) in [6.45, 7) is 1.88. The standard InChI is InChI=1S/C10H8N4O/c1-6-5-8-12-9-7(3-2-4-11-9)10(15)14(8)13-6/h2-5,13H,1H3. The van der Waals surface area contributed by atoms with Crippen LogP contribution in [0.15, 0.2) is 29.2 Å². The second-order valence-corrected chi connectivity index (χ2v) is 3.42. The number of aryl methyl sites for hydroxylation is 1. The van der Waals surface area contributed by atoms with Crippen LogP contribution >= 0.6 is 0 Å². The van der Waals surface area contributed by atoms with E-state index < -0.39 is 0 Å². The van der Waals surface area contributed by atoms with E-state index in [-0.39, 0.29) is 5.56 Å². The molecule has 74 valence electrons. The van der Waals surface area contributed by atoms with Gasteiger partial charge in [0.1, 0.15) is 0 Å². The van der Waals surface area contributed by atoms with Gasteiger partial charge < -0.3 is 0 Å². The fourth-order valence-electron chi connectivity index (χ4n) is 1.64. The predicted octanol–water partition coefficient (Wildman–Crippen LogP) is 0.879. The third kappa shape index (κ3) is 1.06. The number of rotatable bonds is 0. The van der Waals surface area contributed by atoms with Gasteiger partial charge in [0.05, 0.1) is 5.39 Å². The molecule has 0 spiro atoms. The summed E-state index contributed by atoms with van der Waals surface area (Å²) in [5.74, 6) is 0. The minimum Gasteiger partial charge on any atom is -0.294 e. The lowest BCUT2D eigenvalue weighted by Crippen LogP contribution is -2.15. The van der Waals surface area contributed by atoms with E-state index in [2.05, 4.69) is 15.1 Å². The van der Waals surface area contributed by atoms with Gasteiger partial charge >= 0.3 is 0 Å². The van der Waals surface area contributed by atoms with E-state index in [9.17, 15) is 4.79 Å². The monoisotopic (exact) mass is 200 g/mol. The fraction of sp³-hybridized carbons (Fsp3) is 0.100. The predicted molar refractivity (Wildman–Crippen MR) is 55.9 cm³/mol. The molecule has 0 aliphatic rings. The SMILES string of the molecule is Cc1cc2nc3ncccc3c(=O)n2[nH]1. The summed E-state index contributed by atoms with van der Waals surface area (Å²) in [4.78, 5) is 20.3. The topological polar surface area (TPSA) is 63.1 Å². The maximum atomic E-state index is 12.0. The molecule has 0 unspecified atom stereocenters. The molecule has 0 aromatic carbocycles. The second kappa shape index (κ2) is 2.66. The van der Waals surface area contributed by atoms with E-state index in [1.165, 1.54) is 4.52 Å². The quantitative estimate of drug-likeness (QED) is 0.586. The summed E-state index contributed by atoms with van der Waals surface area (Å²) in [5, 5.41) is 3.46. The molecule has 3 heterocycles. The van der Waals surface area contributed by atoms with Crippen molar-refractivity contribution < 1.29 is 0 Å². The van der Waals surface area contributed by atoms with Crippen LogP contribution in [0.25, 0.3) is 16.7 Å². The van der Waals surface area contributed by atoms with Crippen LogP contribution in [0.2, 0.25) is 0 Å². The minimum atomic E-state index is -0.115. The molecule has 5 nitrogen and oxygen atoms in total. The number of hydrogen-bond donors (Lipinski definition) is 1. The highest BCUT2D eigenvalue weighted by Gasteiger charge is 2.06. The minimum absolute atomic E-state index is 0.115. The number of aromatic amines is 1. The largest absolute Gasteiger partial charge is 0.294 e. The molecule has 15 heavy (non-hydrogen) atoms. The highest BCUT2D eigenvalue weighted by Crippen LogP contribution is 2.06. The molecular formula is C10H8N4O. The number of aromatic nitrogens is 4. The Labute approximate surface area is 84.4 Å². The molecule has 5 heteroatoms. The van der Waals surface area contributed by atoms with Crippen LogP contribution in [0.1, 0.15) is 5.69 Å². The van der Waals surface area contributed by atoms with E-state index in [0.29, 0.717) is 16.7 Å². The Morgan fingerprint density at radius 1 is 1.47 bits per heavy atom. The van der Waals surface area contributed by atoms with Crippen molar-refractivity contribution in [1.29, 1.82) is 0 Å². The zero-order valence-electron chi connectivity index (χ0n) is 8.06. The van der Waals surface area contributed by atoms with Crippen molar-refractivity contribution in [2.24, 2.45) is 0 Å². The molecule has 3 aromatic rings. The smallest absolute Gasteiger partial charge is 0.282 e. The Kier molecular flexibility index (Phi) is 1.45. The number of nitrogens with one attached hydrogen (secondary N) is 1. The molecule has 1 N–H and O–H groups in total. The van der Waals surface area contributed by atoms with Gasteiger partial charge in [0.25, 0.3) is 5.56 Å². The van der Waals surface area contributed by atoms with Crippen molar-refractivity contribution in [3.8, 4) is 0 Å². The normalized spacial score (nSPS) is 11.3. The van der Waals surface area contributed by atoms with Crippen molar-refractivity contribution in [1.82, 2.24) is 19.6 Å². The number of fused-ring (bicyclic) bond motifs is 2. The van der Waals surface area contributed by atoms with E-state index in [1.807, 2.05) is 13.0 Å². The molecule has 0 aliphatic carbocycles. The molecule has 0 fully saturated rings. The number of pyridine rings is 1. The molecule has 0 saturated heterocycles. The van der Waals surface area contributed by atoms with Crippen molar-refractivity contribution >= 4 is 16.7 Å². The van der Waals surface area contributed by atoms with Gasteiger partial charge in [-0.1, -0.05) is 0 Å². The summed E-state index contributed by atoms with van der Waals surface area (Å²) >= 11 is 0. The summed E-state index contributed by atoms with van der Waals surface area (Å²) < 4.78 is 1.43. The highest BCUT2D eigenvalue weighted by molar-refractivity contribution is 5.75. The summed E-state index contributed by atoms with van der Waals surface area (Å²) in [6.07, 6.45) is 1.63. The first kappa shape index (κ1) is 8.16. The van der Waals surface area contributed by atoms with Gasteiger partial charge in [-0.15, -0.1) is 0 Å². The maximum absolute atomic E-state index is 12.0. The molecule has 0 aliphatic heterocycles. The van der Waals surface area contributed by atoms with Crippen LogP contribution < -0.4 is 5.56 Å². The van der Waals surface area contributed by atoms with Gasteiger partial charge in [-0.05, 0) is 19.1 Å². The van der Waals surface area contributed by atoms with Crippen molar-refractivity contribution in [3.05, 3.63) is 40.4 Å². The molecule has 0 atom stereocenters. The molecule has 3 aromatic heterocycles. The summed E-state index contributed by atoms with van der Waals surface area (Å²) in [5.41, 5.74) is 1.87. The van der Waals surface area contributed by atoms with Gasteiger partial charge in [-0.3, -0.25) is 9.89 Å². The van der Waals surface area contributed by atoms with Gasteiger partial charge in [-0.25, -0.2) is 14.5 Å². The van der Waals surface area contributed by atoms with Gasteiger partial charge in [-0.2, -0.15) is 0 Å². The lowest BCUT2D eigenvalue weighted by molar-refractivity contribution is 0.893. The first-order chi connectivity index (χ1) is 7.25. The third-order valence-electron chi connectivity index (χ3n) is 2.30. The number of H-pyrrole nitrogens is 1. The van der Waals surface area contributed by atoms with Crippen molar-refractivity contribution in [2.45, 2.75) is 6.92 Å². The van der Waals surface area contributed by atoms with E-state index in [1.54, 1.807) is 18.3 Å². The van der Waals surface area contributed by atoms with E-state index in [4.69, 9.17) is 0 Å². The van der Waals surface area contributed by atoms with Crippen LogP contribution in [-0.2, 0) is 0 Å². The summed E-state index contributed by atoms with van der Waals surface area (Å²) in [7, 11) is 0. The van der Waals surface area contributed by atoms with Crippen LogP contribution in [0.5, 0.6) is 0 Å². The zero-order chi connectivity index (χ0) is 10.4. The molecule has 0 amide bonds. The third-order valence-corrected chi connectivity index (χ3v) is 2.30. The second-order valence-electron chi connectivity index (χ2n) is 3.42. The Bertz CT molecular complexity index is 710. The summed E-state index contributed by atoms with van der Waals surface area (Å²) in [6, 6.07) is 5.27. The fourth-order valence-corrected chi connectivity index (χ4v) is 1.64. The molecule has 0 radical (unpaired) electrons.